The van der Waals surface area contributed by atoms with E-state index in [1.807, 2.05) is 12.1 Å². The third-order valence-electron chi connectivity index (χ3n) is 5.03. The zero-order chi connectivity index (χ0) is 22.8. The molecule has 3 rings (SSSR count). The van der Waals surface area contributed by atoms with Crippen molar-refractivity contribution in [1.82, 2.24) is 19.8 Å². The molecule has 10 nitrogen and oxygen atoms in total. The van der Waals surface area contributed by atoms with Crippen LogP contribution in [-0.2, 0) is 22.6 Å². The number of rotatable bonds is 6. The van der Waals surface area contributed by atoms with Crippen LogP contribution in [0.1, 0.15) is 32.4 Å². The number of hydrogen-bond donors (Lipinski definition) is 2. The minimum absolute atomic E-state index is 0. The van der Waals surface area contributed by atoms with E-state index in [9.17, 15) is 9.59 Å². The summed E-state index contributed by atoms with van der Waals surface area (Å²) in [5.74, 6) is -2.08. The second-order valence-electron chi connectivity index (χ2n) is 7.42. The van der Waals surface area contributed by atoms with Crippen LogP contribution in [0.25, 0.3) is 0 Å². The van der Waals surface area contributed by atoms with Crippen molar-refractivity contribution in [3.05, 3.63) is 59.2 Å². The fraction of sp³-hybridized carbons (Fsp3) is 0.455. The molecule has 2 aromatic rings. The van der Waals surface area contributed by atoms with Crippen molar-refractivity contribution in [1.29, 1.82) is 0 Å². The molecule has 0 atom stereocenters. The van der Waals surface area contributed by atoms with E-state index in [1.54, 1.807) is 12.1 Å². The summed E-state index contributed by atoms with van der Waals surface area (Å²) in [5.41, 5.74) is 1.46. The summed E-state index contributed by atoms with van der Waals surface area (Å²) in [6.45, 7) is 5.83. The summed E-state index contributed by atoms with van der Waals surface area (Å²) in [6, 6.07) is 9.99. The Labute approximate surface area is 223 Å². The van der Waals surface area contributed by atoms with Gasteiger partial charge in [-0.3, -0.25) is 9.80 Å². The van der Waals surface area contributed by atoms with Gasteiger partial charge in [-0.25, -0.2) is 19.6 Å². The van der Waals surface area contributed by atoms with E-state index in [0.717, 1.165) is 0 Å². The normalized spacial score (nSPS) is 16.7. The van der Waals surface area contributed by atoms with Crippen molar-refractivity contribution in [3.63, 3.8) is 0 Å². The number of carboxylic acids is 2. The molecular weight excluding hydrogens is 575 g/mol. The van der Waals surface area contributed by atoms with Crippen LogP contribution in [0.15, 0.2) is 36.4 Å². The molecule has 33 heavy (non-hydrogen) atoms. The Balaban J connectivity index is 0.00000385. The zero-order valence-corrected chi connectivity index (χ0v) is 20.3. The molecule has 1 fully saturated rings. The molecule has 0 saturated carbocycles. The molecule has 1 aliphatic rings. The van der Waals surface area contributed by atoms with Crippen LogP contribution < -0.4 is 0 Å². The third kappa shape index (κ3) is 9.63. The van der Waals surface area contributed by atoms with Crippen LogP contribution in [0.4, 0.5) is 0 Å². The third-order valence-corrected chi connectivity index (χ3v) is 5.03. The molecule has 181 valence electrons. The average Bonchev–Trinajstić information content (AvgIpc) is 2.77. The molecule has 3 heterocycles. The number of carboxylic acid groups (broad SMARTS) is 2. The molecule has 2 N–H and O–H groups in total. The number of pyridine rings is 2. The number of nitrogens with zero attached hydrogens (tertiary/aromatic N) is 4. The van der Waals surface area contributed by atoms with Gasteiger partial charge >= 0.3 is 11.9 Å². The molecule has 1 saturated heterocycles. The number of hydrogen-bond acceptors (Lipinski definition) is 8. The van der Waals surface area contributed by atoms with Crippen LogP contribution in [-0.4, -0.2) is 94.5 Å². The van der Waals surface area contributed by atoms with Crippen molar-refractivity contribution < 1.29 is 67.9 Å². The molecule has 0 amide bonds. The first-order chi connectivity index (χ1) is 15.5. The molecule has 2 aromatic heterocycles. The van der Waals surface area contributed by atoms with Crippen molar-refractivity contribution >= 4 is 11.9 Å². The van der Waals surface area contributed by atoms with Gasteiger partial charge in [0.1, 0.15) is 11.4 Å². The minimum atomic E-state index is -1.04. The molecule has 1 aliphatic heterocycles. The molecular formula is C22H28N4O6Tb. The quantitative estimate of drug-likeness (QED) is 0.498. The Kier molecular flexibility index (Phi) is 12.2. The number of aromatic nitrogens is 2. The molecule has 0 bridgehead atoms. The summed E-state index contributed by atoms with van der Waals surface area (Å²) in [4.78, 5) is 34.9. The summed E-state index contributed by atoms with van der Waals surface area (Å²) >= 11 is 0. The summed E-state index contributed by atoms with van der Waals surface area (Å²) < 4.78 is 11.6. The summed E-state index contributed by atoms with van der Waals surface area (Å²) in [6.07, 6.45) is 0. The SMILES string of the molecule is O=C(O)c1cccc(CN2CCOCCN(Cc3cccc(C(=O)O)n3)CCOCC2)n1.[Tb]. The monoisotopic (exact) mass is 603 g/mol. The van der Waals surface area contributed by atoms with Crippen molar-refractivity contribution in [2.24, 2.45) is 0 Å². The molecule has 0 unspecified atom stereocenters. The van der Waals surface area contributed by atoms with Gasteiger partial charge in [-0.05, 0) is 24.3 Å². The first-order valence-electron chi connectivity index (χ1n) is 10.5. The molecule has 1 radical (unpaired) electrons. The predicted molar refractivity (Wildman–Crippen MR) is 115 cm³/mol. The molecule has 0 aromatic carbocycles. The van der Waals surface area contributed by atoms with Crippen LogP contribution in [0, 0.1) is 38.6 Å². The molecule has 11 heteroatoms. The number of carbonyl (C=O) groups is 2. The largest absolute Gasteiger partial charge is 0.477 e. The fourth-order valence-corrected chi connectivity index (χ4v) is 3.35. The van der Waals surface area contributed by atoms with Crippen LogP contribution >= 0.6 is 0 Å². The van der Waals surface area contributed by atoms with Gasteiger partial charge in [-0.2, -0.15) is 0 Å². The smallest absolute Gasteiger partial charge is 0.354 e. The average molecular weight is 603 g/mol. The van der Waals surface area contributed by atoms with Gasteiger partial charge < -0.3 is 19.7 Å². The van der Waals surface area contributed by atoms with Gasteiger partial charge in [-0.15, -0.1) is 0 Å². The Morgan fingerprint density at radius 1 is 0.727 bits per heavy atom. The Bertz CT molecular complexity index is 830. The number of ether oxygens (including phenoxy) is 2. The second-order valence-corrected chi connectivity index (χ2v) is 7.42. The first-order valence-corrected chi connectivity index (χ1v) is 10.5. The summed E-state index contributed by atoms with van der Waals surface area (Å²) in [7, 11) is 0. The molecule has 0 spiro atoms. The van der Waals surface area contributed by atoms with E-state index in [4.69, 9.17) is 19.7 Å². The van der Waals surface area contributed by atoms with E-state index < -0.39 is 11.9 Å². The van der Waals surface area contributed by atoms with E-state index in [0.29, 0.717) is 77.1 Å². The maximum Gasteiger partial charge on any atom is 0.354 e. The number of aromatic carboxylic acids is 2. The van der Waals surface area contributed by atoms with Gasteiger partial charge in [0.25, 0.3) is 0 Å². The Hall–Kier alpha value is -1.63. The summed E-state index contributed by atoms with van der Waals surface area (Å²) in [5, 5.41) is 18.3. The van der Waals surface area contributed by atoms with Crippen molar-refractivity contribution in [2.45, 2.75) is 13.1 Å². The van der Waals surface area contributed by atoms with Crippen LogP contribution in [0.2, 0.25) is 0 Å². The van der Waals surface area contributed by atoms with E-state index in [1.165, 1.54) is 12.1 Å². The van der Waals surface area contributed by atoms with Crippen LogP contribution in [0.5, 0.6) is 0 Å². The maximum absolute atomic E-state index is 11.1. The zero-order valence-electron chi connectivity index (χ0n) is 18.2. The Morgan fingerprint density at radius 3 is 1.42 bits per heavy atom. The van der Waals surface area contributed by atoms with Gasteiger partial charge in [0.15, 0.2) is 0 Å². The topological polar surface area (TPSA) is 125 Å². The van der Waals surface area contributed by atoms with Gasteiger partial charge in [-0.1, -0.05) is 12.1 Å². The van der Waals surface area contributed by atoms with Gasteiger partial charge in [0.05, 0.1) is 37.8 Å². The van der Waals surface area contributed by atoms with Crippen LogP contribution in [0.3, 0.4) is 0 Å². The van der Waals surface area contributed by atoms with E-state index in [-0.39, 0.29) is 50.0 Å². The van der Waals surface area contributed by atoms with Crippen molar-refractivity contribution in [2.75, 3.05) is 52.6 Å². The standard InChI is InChI=1S/C22H28N4O6.Tb/c27-21(28)19-5-1-3-17(23-19)15-25-7-11-31-13-9-26(10-14-32-12-8-25)16-18-4-2-6-20(24-18)22(29)30;/h1-6H,7-16H2,(H,27,28)(H,29,30);. The minimum Gasteiger partial charge on any atom is -0.477 e. The predicted octanol–water partition coefficient (Wildman–Crippen LogP) is 1.22. The van der Waals surface area contributed by atoms with E-state index >= 15 is 0 Å². The maximum atomic E-state index is 11.1. The van der Waals surface area contributed by atoms with Gasteiger partial charge in [0.2, 0.25) is 0 Å². The van der Waals surface area contributed by atoms with Gasteiger partial charge in [0, 0.05) is 77.9 Å². The fourth-order valence-electron chi connectivity index (χ4n) is 3.35. The van der Waals surface area contributed by atoms with Crippen molar-refractivity contribution in [3.8, 4) is 0 Å². The Morgan fingerprint density at radius 2 is 1.09 bits per heavy atom. The van der Waals surface area contributed by atoms with E-state index in [2.05, 4.69) is 19.8 Å². The first kappa shape index (κ1) is 27.6. The second kappa shape index (κ2) is 14.6. The molecule has 0 aliphatic carbocycles.